The van der Waals surface area contributed by atoms with Crippen LogP contribution >= 0.6 is 0 Å². The third kappa shape index (κ3) is 6.52. The Labute approximate surface area is 152 Å². The molecule has 0 saturated heterocycles. The molecule has 3 heteroatoms. The Morgan fingerprint density at radius 3 is 2.20 bits per heavy atom. The standard InChI is InChI=1S/C22H31NO2/c1-17(2)13-23(14-20-11-7-5-9-18(20)3)15-21(24)16-25-22-12-8-6-10-19(22)4/h5-12,17,21,24H,13-16H2,1-4H3/t21-/m0/s1. The molecule has 0 unspecified atom stereocenters. The molecule has 0 fully saturated rings. The number of nitrogens with zero attached hydrogens (tertiary/aromatic N) is 1. The van der Waals surface area contributed by atoms with Crippen molar-refractivity contribution in [3.63, 3.8) is 0 Å². The third-order valence-corrected chi connectivity index (χ3v) is 4.27. The van der Waals surface area contributed by atoms with Gasteiger partial charge in [0.05, 0.1) is 0 Å². The van der Waals surface area contributed by atoms with Crippen LogP contribution in [0.2, 0.25) is 0 Å². The first-order valence-corrected chi connectivity index (χ1v) is 9.09. The normalized spacial score (nSPS) is 12.6. The highest BCUT2D eigenvalue weighted by Crippen LogP contribution is 2.17. The highest BCUT2D eigenvalue weighted by Gasteiger charge is 2.15. The summed E-state index contributed by atoms with van der Waals surface area (Å²) in [5.74, 6) is 1.39. The fourth-order valence-electron chi connectivity index (χ4n) is 3.00. The molecule has 0 spiro atoms. The van der Waals surface area contributed by atoms with Crippen molar-refractivity contribution in [3.05, 3.63) is 65.2 Å². The van der Waals surface area contributed by atoms with Crippen molar-refractivity contribution in [2.24, 2.45) is 5.92 Å². The molecule has 2 aromatic carbocycles. The van der Waals surface area contributed by atoms with Crippen LogP contribution < -0.4 is 4.74 Å². The zero-order chi connectivity index (χ0) is 18.2. The molecule has 0 bridgehead atoms. The van der Waals surface area contributed by atoms with Crippen molar-refractivity contribution < 1.29 is 9.84 Å². The van der Waals surface area contributed by atoms with Crippen LogP contribution in [0.1, 0.15) is 30.5 Å². The lowest BCUT2D eigenvalue weighted by atomic mass is 10.1. The summed E-state index contributed by atoms with van der Waals surface area (Å²) in [4.78, 5) is 2.32. The van der Waals surface area contributed by atoms with Crippen molar-refractivity contribution in [2.45, 2.75) is 40.3 Å². The van der Waals surface area contributed by atoms with Gasteiger partial charge in [0.1, 0.15) is 18.5 Å². The van der Waals surface area contributed by atoms with E-state index < -0.39 is 6.10 Å². The average Bonchev–Trinajstić information content (AvgIpc) is 2.55. The SMILES string of the molecule is Cc1ccccc1CN(CC(C)C)C[C@H](O)COc1ccccc1C. The monoisotopic (exact) mass is 341 g/mol. The maximum absolute atomic E-state index is 10.5. The van der Waals surface area contributed by atoms with E-state index in [1.165, 1.54) is 11.1 Å². The van der Waals surface area contributed by atoms with Gasteiger partial charge in [0, 0.05) is 19.6 Å². The summed E-state index contributed by atoms with van der Waals surface area (Å²) in [6, 6.07) is 16.4. The summed E-state index contributed by atoms with van der Waals surface area (Å²) < 4.78 is 5.80. The van der Waals surface area contributed by atoms with Gasteiger partial charge >= 0.3 is 0 Å². The number of hydrogen-bond donors (Lipinski definition) is 1. The third-order valence-electron chi connectivity index (χ3n) is 4.27. The Morgan fingerprint density at radius 2 is 1.56 bits per heavy atom. The average molecular weight is 341 g/mol. The Hall–Kier alpha value is -1.84. The number of para-hydroxylation sites is 1. The lowest BCUT2D eigenvalue weighted by molar-refractivity contribution is 0.0612. The zero-order valence-electron chi connectivity index (χ0n) is 15.9. The van der Waals surface area contributed by atoms with Crippen LogP contribution in [-0.2, 0) is 6.54 Å². The number of benzene rings is 2. The summed E-state index contributed by atoms with van der Waals surface area (Å²) in [6.45, 7) is 11.3. The molecule has 0 heterocycles. The van der Waals surface area contributed by atoms with Gasteiger partial charge in [-0.1, -0.05) is 56.3 Å². The van der Waals surface area contributed by atoms with Gasteiger partial charge in [-0.3, -0.25) is 4.90 Å². The molecular formula is C22H31NO2. The quantitative estimate of drug-likeness (QED) is 0.742. The molecule has 25 heavy (non-hydrogen) atoms. The second kappa shape index (κ2) is 9.59. The Balaban J connectivity index is 1.94. The molecule has 3 nitrogen and oxygen atoms in total. The molecule has 0 amide bonds. The Kier molecular flexibility index (Phi) is 7.48. The second-order valence-electron chi connectivity index (χ2n) is 7.24. The van der Waals surface area contributed by atoms with Crippen LogP contribution in [0.25, 0.3) is 0 Å². The van der Waals surface area contributed by atoms with Gasteiger partial charge in [0.15, 0.2) is 0 Å². The Bertz CT molecular complexity index is 654. The van der Waals surface area contributed by atoms with E-state index in [9.17, 15) is 5.11 Å². The number of hydrogen-bond acceptors (Lipinski definition) is 3. The minimum Gasteiger partial charge on any atom is -0.491 e. The highest BCUT2D eigenvalue weighted by atomic mass is 16.5. The topological polar surface area (TPSA) is 32.7 Å². The van der Waals surface area contributed by atoms with Crippen LogP contribution in [0.5, 0.6) is 5.75 Å². The number of aliphatic hydroxyl groups is 1. The zero-order valence-corrected chi connectivity index (χ0v) is 15.9. The lowest BCUT2D eigenvalue weighted by Crippen LogP contribution is -2.37. The van der Waals surface area contributed by atoms with E-state index in [2.05, 4.69) is 49.9 Å². The van der Waals surface area contributed by atoms with Crippen molar-refractivity contribution in [1.29, 1.82) is 0 Å². The molecule has 0 radical (unpaired) electrons. The highest BCUT2D eigenvalue weighted by molar-refractivity contribution is 5.31. The minimum absolute atomic E-state index is 0.313. The van der Waals surface area contributed by atoms with Gasteiger partial charge in [-0.2, -0.15) is 0 Å². The molecular weight excluding hydrogens is 310 g/mol. The second-order valence-corrected chi connectivity index (χ2v) is 7.24. The van der Waals surface area contributed by atoms with Gasteiger partial charge in [-0.05, 0) is 42.5 Å². The summed E-state index contributed by atoms with van der Waals surface area (Å²) in [5.41, 5.74) is 3.70. The number of aliphatic hydroxyl groups excluding tert-OH is 1. The predicted octanol–water partition coefficient (Wildman–Crippen LogP) is 4.20. The fourth-order valence-corrected chi connectivity index (χ4v) is 3.00. The smallest absolute Gasteiger partial charge is 0.122 e. The van der Waals surface area contributed by atoms with Crippen molar-refractivity contribution in [3.8, 4) is 5.75 Å². The van der Waals surface area contributed by atoms with Crippen LogP contribution in [-0.4, -0.2) is 35.8 Å². The number of ether oxygens (including phenoxy) is 1. The molecule has 2 rings (SSSR count). The van der Waals surface area contributed by atoms with Gasteiger partial charge in [-0.25, -0.2) is 0 Å². The van der Waals surface area contributed by atoms with Gasteiger partial charge in [-0.15, -0.1) is 0 Å². The van der Waals surface area contributed by atoms with Gasteiger partial charge in [0.25, 0.3) is 0 Å². The van der Waals surface area contributed by atoms with E-state index in [1.54, 1.807) is 0 Å². The van der Waals surface area contributed by atoms with Crippen molar-refractivity contribution in [2.75, 3.05) is 19.7 Å². The molecule has 0 aliphatic rings. The van der Waals surface area contributed by atoms with Crippen LogP contribution in [0.4, 0.5) is 0 Å². The summed E-state index contributed by atoms with van der Waals surface area (Å²) in [5, 5.41) is 10.5. The maximum Gasteiger partial charge on any atom is 0.122 e. The fraction of sp³-hybridized carbons (Fsp3) is 0.455. The molecule has 136 valence electrons. The summed E-state index contributed by atoms with van der Waals surface area (Å²) >= 11 is 0. The first-order valence-electron chi connectivity index (χ1n) is 9.09. The van der Waals surface area contributed by atoms with E-state index in [0.717, 1.165) is 24.4 Å². The number of aryl methyl sites for hydroxylation is 2. The van der Waals surface area contributed by atoms with Gasteiger partial charge in [0.2, 0.25) is 0 Å². The molecule has 0 saturated carbocycles. The summed E-state index contributed by atoms with van der Waals surface area (Å²) in [7, 11) is 0. The molecule has 0 aromatic heterocycles. The molecule has 0 aliphatic heterocycles. The Morgan fingerprint density at radius 1 is 0.920 bits per heavy atom. The van der Waals surface area contributed by atoms with E-state index in [1.807, 2.05) is 31.2 Å². The first kappa shape index (κ1) is 19.5. The molecule has 1 N–H and O–H groups in total. The van der Waals surface area contributed by atoms with E-state index >= 15 is 0 Å². The van der Waals surface area contributed by atoms with Crippen LogP contribution in [0, 0.1) is 19.8 Å². The molecule has 2 aromatic rings. The van der Waals surface area contributed by atoms with E-state index in [-0.39, 0.29) is 0 Å². The largest absolute Gasteiger partial charge is 0.491 e. The molecule has 1 atom stereocenters. The van der Waals surface area contributed by atoms with Crippen LogP contribution in [0.3, 0.4) is 0 Å². The van der Waals surface area contributed by atoms with Crippen molar-refractivity contribution >= 4 is 0 Å². The molecule has 0 aliphatic carbocycles. The van der Waals surface area contributed by atoms with Gasteiger partial charge < -0.3 is 9.84 Å². The van der Waals surface area contributed by atoms with E-state index in [0.29, 0.717) is 19.1 Å². The predicted molar refractivity (Wildman–Crippen MR) is 104 cm³/mol. The minimum atomic E-state index is -0.512. The van der Waals surface area contributed by atoms with Crippen LogP contribution in [0.15, 0.2) is 48.5 Å². The summed E-state index contributed by atoms with van der Waals surface area (Å²) in [6.07, 6.45) is -0.512. The lowest BCUT2D eigenvalue weighted by Gasteiger charge is -2.27. The maximum atomic E-state index is 10.5. The van der Waals surface area contributed by atoms with E-state index in [4.69, 9.17) is 4.74 Å². The number of rotatable bonds is 9. The first-order chi connectivity index (χ1) is 12.0. The van der Waals surface area contributed by atoms with Crippen molar-refractivity contribution in [1.82, 2.24) is 4.90 Å².